The first-order valence-corrected chi connectivity index (χ1v) is 39.0. The second kappa shape index (κ2) is 40.8. The third-order valence-corrected chi connectivity index (χ3v) is 18.8. The number of ether oxygens (including phenoxy) is 3. The number of hydrogen-bond acceptors (Lipinski definition) is 30. The van der Waals surface area contributed by atoms with E-state index in [9.17, 15) is 60.3 Å². The van der Waals surface area contributed by atoms with E-state index in [0.717, 1.165) is 55.5 Å². The molecule has 3 N–H and O–H groups in total. The maximum atomic E-state index is 13.5. The summed E-state index contributed by atoms with van der Waals surface area (Å²) in [5.41, 5.74) is -2.10. The number of carbonyl (C=O) groups excluding carboxylic acids is 3. The minimum absolute atomic E-state index is 0.0604. The molecule has 4 aromatic carbocycles. The number of aryl methyl sites for hydroxylation is 4. The monoisotopic (exact) mass is 1690 g/mol. The Morgan fingerprint density at radius 3 is 1.17 bits per heavy atom. The minimum Gasteiger partial charge on any atom is -0.506 e. The predicted molar refractivity (Wildman–Crippen MR) is 439 cm³/mol. The SMILES string of the molecule is CCOC(=O)c1c(NCCc2ccncc2)c2c(C)ncnc2n(OCc2ccccc2)c1=O.CCOC(=O)c1c(O)c2c(C)ncnc2n(OCc2ccccc2)c1=O.CCOC(=O)c1c(OS(=O)(=O)C(F)(F)F)c2c(C)ncnc2n(OCc2ccccc2)c1=O.Cc1ncnc2c1c(NCCc1ccncc1)cc(=O)n2OCc1ccccc1. The molecule has 0 saturated heterocycles. The van der Waals surface area contributed by atoms with Crippen molar-refractivity contribution in [3.05, 3.63) is 316 Å². The zero-order chi connectivity index (χ0) is 87.0. The summed E-state index contributed by atoms with van der Waals surface area (Å²) in [6.45, 7) is 12.6. The molecule has 0 spiro atoms. The topological polar surface area (TPSA) is 420 Å². The average Bonchev–Trinajstić information content (AvgIpc) is 0.740. The van der Waals surface area contributed by atoms with Gasteiger partial charge in [0.25, 0.3) is 5.56 Å². The van der Waals surface area contributed by atoms with Gasteiger partial charge >= 0.3 is 50.2 Å². The second-order valence-corrected chi connectivity index (χ2v) is 27.6. The molecule has 0 fully saturated rings. The van der Waals surface area contributed by atoms with Gasteiger partial charge in [-0.2, -0.15) is 21.6 Å². The van der Waals surface area contributed by atoms with Crippen LogP contribution in [0.2, 0.25) is 0 Å². The van der Waals surface area contributed by atoms with Crippen LogP contribution < -0.4 is 56.4 Å². The largest absolute Gasteiger partial charge is 0.534 e. The number of nitrogens with zero attached hydrogens (tertiary/aromatic N) is 14. The normalized spacial score (nSPS) is 11.1. The highest BCUT2D eigenvalue weighted by Crippen LogP contribution is 2.35. The van der Waals surface area contributed by atoms with Crippen LogP contribution in [0.15, 0.2) is 221 Å². The number of benzene rings is 4. The average molecular weight is 1690 g/mol. The van der Waals surface area contributed by atoms with Crippen LogP contribution in [0.25, 0.3) is 44.1 Å². The van der Waals surface area contributed by atoms with Crippen LogP contribution in [0.1, 0.15) is 108 Å². The molecule has 630 valence electrons. The first-order valence-electron chi connectivity index (χ1n) is 37.6. The van der Waals surface area contributed by atoms with Crippen molar-refractivity contribution in [1.82, 2.24) is 68.8 Å². The van der Waals surface area contributed by atoms with Gasteiger partial charge in [0.2, 0.25) is 0 Å². The Morgan fingerprint density at radius 2 is 0.754 bits per heavy atom. The quantitative estimate of drug-likeness (QED) is 0.0178. The molecule has 0 atom stereocenters. The molecule has 0 bridgehead atoms. The number of alkyl halides is 3. The van der Waals surface area contributed by atoms with E-state index in [-0.39, 0.29) is 79.7 Å². The summed E-state index contributed by atoms with van der Waals surface area (Å²) in [6.07, 6.45) is 13.5. The summed E-state index contributed by atoms with van der Waals surface area (Å²) in [5.74, 6) is -4.81. The van der Waals surface area contributed by atoms with Crippen LogP contribution in [0, 0.1) is 27.7 Å². The molecule has 0 radical (unpaired) electrons. The van der Waals surface area contributed by atoms with Gasteiger partial charge in [0.05, 0.1) is 75.5 Å². The fourth-order valence-electron chi connectivity index (χ4n) is 12.1. The van der Waals surface area contributed by atoms with E-state index >= 15 is 0 Å². The Bertz CT molecular complexity index is 6430. The van der Waals surface area contributed by atoms with E-state index in [1.54, 1.807) is 82.8 Å². The number of halogens is 3. The Hall–Kier alpha value is -15.1. The van der Waals surface area contributed by atoms with Gasteiger partial charge in [-0.1, -0.05) is 121 Å². The Kier molecular flexibility index (Phi) is 29.4. The number of pyridine rings is 6. The third kappa shape index (κ3) is 21.1. The van der Waals surface area contributed by atoms with Gasteiger partial charge in [-0.25, -0.2) is 54.3 Å². The molecule has 10 aromatic heterocycles. The number of rotatable bonds is 28. The van der Waals surface area contributed by atoms with Crippen molar-refractivity contribution in [3.63, 3.8) is 0 Å². The Morgan fingerprint density at radius 1 is 0.418 bits per heavy atom. The van der Waals surface area contributed by atoms with Crippen LogP contribution in [-0.2, 0) is 63.6 Å². The van der Waals surface area contributed by atoms with Crippen LogP contribution in [0.4, 0.5) is 24.5 Å². The summed E-state index contributed by atoms with van der Waals surface area (Å²) in [4.78, 5) is 153. The van der Waals surface area contributed by atoms with Crippen LogP contribution in [-0.4, -0.2) is 139 Å². The number of carbonyl (C=O) groups is 3. The molecule has 0 unspecified atom stereocenters. The van der Waals surface area contributed by atoms with Gasteiger partial charge in [-0.3, -0.25) is 29.1 Å². The molecule has 14 aromatic rings. The van der Waals surface area contributed by atoms with E-state index in [1.807, 2.05) is 122 Å². The van der Waals surface area contributed by atoms with Crippen molar-refractivity contribution < 1.29 is 78.8 Å². The van der Waals surface area contributed by atoms with Crippen LogP contribution >= 0.6 is 0 Å². The second-order valence-electron chi connectivity index (χ2n) is 26.0. The summed E-state index contributed by atoms with van der Waals surface area (Å²) in [7, 11) is -6.27. The third-order valence-electron chi connectivity index (χ3n) is 17.9. The number of anilines is 2. The van der Waals surface area contributed by atoms with E-state index in [2.05, 4.69) is 64.7 Å². The summed E-state index contributed by atoms with van der Waals surface area (Å²) >= 11 is 0. The highest BCUT2D eigenvalue weighted by atomic mass is 32.2. The van der Waals surface area contributed by atoms with Crippen molar-refractivity contribution in [1.29, 1.82) is 0 Å². The highest BCUT2D eigenvalue weighted by molar-refractivity contribution is 7.88. The lowest BCUT2D eigenvalue weighted by Gasteiger charge is -2.18. The Labute approximate surface area is 692 Å². The smallest absolute Gasteiger partial charge is 0.506 e. The number of aromatic nitrogens is 14. The first kappa shape index (κ1) is 87.7. The van der Waals surface area contributed by atoms with Crippen LogP contribution in [0.3, 0.4) is 0 Å². The molecule has 10 heterocycles. The van der Waals surface area contributed by atoms with Gasteiger partial charge in [0.15, 0.2) is 45.0 Å². The molecule has 34 nitrogen and oxygen atoms in total. The molecule has 0 saturated carbocycles. The molecule has 0 aliphatic heterocycles. The van der Waals surface area contributed by atoms with Gasteiger partial charge < -0.3 is 53.5 Å². The zero-order valence-corrected chi connectivity index (χ0v) is 67.3. The first-order chi connectivity index (χ1) is 58.8. The van der Waals surface area contributed by atoms with Crippen LogP contribution in [0.5, 0.6) is 11.5 Å². The lowest BCUT2D eigenvalue weighted by Crippen LogP contribution is -2.35. The molecule has 0 aliphatic carbocycles. The van der Waals surface area contributed by atoms with E-state index in [1.165, 1.54) is 49.2 Å². The number of esters is 3. The van der Waals surface area contributed by atoms with Crippen molar-refractivity contribution in [2.75, 3.05) is 43.5 Å². The van der Waals surface area contributed by atoms with Crippen molar-refractivity contribution in [2.45, 2.75) is 93.2 Å². The molecule has 0 amide bonds. The van der Waals surface area contributed by atoms with Crippen molar-refractivity contribution in [3.8, 4) is 11.5 Å². The summed E-state index contributed by atoms with van der Waals surface area (Å²) in [5, 5.41) is 18.1. The molecule has 38 heteroatoms. The maximum absolute atomic E-state index is 13.5. The van der Waals surface area contributed by atoms with Gasteiger partial charge in [-0.05, 0) is 119 Å². The lowest BCUT2D eigenvalue weighted by molar-refractivity contribution is -0.0500. The molecular formula is C84H79F3N16O18S. The van der Waals surface area contributed by atoms with Crippen molar-refractivity contribution in [2.24, 2.45) is 0 Å². The van der Waals surface area contributed by atoms with Gasteiger partial charge in [0, 0.05) is 43.9 Å². The summed E-state index contributed by atoms with van der Waals surface area (Å²) in [6, 6.07) is 46.1. The molecular weight excluding hydrogens is 1610 g/mol. The fraction of sp³-hybridized carbons (Fsp3) is 0.226. The molecule has 14 rings (SSSR count). The number of nitrogens with one attached hydrogen (secondary N) is 2. The molecule has 0 aliphatic rings. The van der Waals surface area contributed by atoms with E-state index in [0.29, 0.717) is 63.6 Å². The number of fused-ring (bicyclic) bond motifs is 4. The molecule has 122 heavy (non-hydrogen) atoms. The zero-order valence-electron chi connectivity index (χ0n) is 66.5. The number of hydrogen-bond donors (Lipinski definition) is 3. The standard InChI is InChI=1S/C25H25N5O4.C22H21N5O2.C19H16F3N3O7S.C18H17N3O5/c1-3-33-25(32)21-22(27-14-11-18-9-12-26-13-10-18)20-17(2)28-16-29-23(20)30(24(21)31)34-15-19-7-5-4-6-8-19;1-16-21-19(24-12-9-17-7-10-23-11-8-17)13-20(28)27(22(21)26-15-25-16)29-14-18-5-3-2-4-6-18;1-3-30-18(27)14-15(32-33(28,29)19(20,21)22)13-11(2)23-10-24-16(13)25(17(14)26)31-9-12-7-5-4-6-8-12;1-3-25-18(24)14-15(22)13-11(2)19-10-20-16(13)21(17(14)23)26-9-12-7-5-4-6-8-12/h4-10,12-13,16,27H,3,11,14-15H2,1-2H3;2-8,10-11,13,15,24H,9,12,14H2,1H3;4-8,10H,3,9H2,1-2H3;4-8,10,22H,3,9H2,1-2H3. The Balaban J connectivity index is 0.000000159. The van der Waals surface area contributed by atoms with E-state index in [4.69, 9.17) is 33.6 Å². The van der Waals surface area contributed by atoms with Gasteiger partial charge in [-0.15, -0.1) is 18.9 Å². The number of aromatic hydroxyl groups is 1. The van der Waals surface area contributed by atoms with Crippen molar-refractivity contribution >= 4 is 83.5 Å². The minimum atomic E-state index is -6.27. The fourth-order valence-corrected chi connectivity index (χ4v) is 12.6. The lowest BCUT2D eigenvalue weighted by atomic mass is 10.1. The highest BCUT2D eigenvalue weighted by Gasteiger charge is 2.50. The van der Waals surface area contributed by atoms with E-state index < -0.39 is 83.9 Å². The van der Waals surface area contributed by atoms with Gasteiger partial charge in [0.1, 0.15) is 57.5 Å². The maximum Gasteiger partial charge on any atom is 0.534 e. The predicted octanol–water partition coefficient (Wildman–Crippen LogP) is 9.48. The summed E-state index contributed by atoms with van der Waals surface area (Å²) < 4.78 is 85.4.